The Morgan fingerprint density at radius 1 is 1.28 bits per heavy atom. The standard InChI is InChI=1S/C15H23NO2/c1-3-12-7-9-13(10-8-12)14(4-2)16-11-5-6-15(17)18/h7-10,14,16H,3-6,11H2,1-2H3,(H,17,18). The molecule has 0 aliphatic carbocycles. The summed E-state index contributed by atoms with van der Waals surface area (Å²) < 4.78 is 0. The summed E-state index contributed by atoms with van der Waals surface area (Å²) in [6.07, 6.45) is 2.98. The molecule has 0 saturated heterocycles. The molecule has 18 heavy (non-hydrogen) atoms. The summed E-state index contributed by atoms with van der Waals surface area (Å²) >= 11 is 0. The van der Waals surface area contributed by atoms with Crippen LogP contribution in [0.4, 0.5) is 0 Å². The highest BCUT2D eigenvalue weighted by Gasteiger charge is 2.08. The number of aliphatic carboxylic acids is 1. The average molecular weight is 249 g/mol. The third kappa shape index (κ3) is 4.88. The van der Waals surface area contributed by atoms with Crippen LogP contribution >= 0.6 is 0 Å². The molecule has 0 spiro atoms. The number of carboxylic acid groups (broad SMARTS) is 1. The van der Waals surface area contributed by atoms with Gasteiger partial charge in [-0.15, -0.1) is 0 Å². The van der Waals surface area contributed by atoms with E-state index in [1.807, 2.05) is 0 Å². The highest BCUT2D eigenvalue weighted by Crippen LogP contribution is 2.17. The largest absolute Gasteiger partial charge is 0.481 e. The van der Waals surface area contributed by atoms with E-state index < -0.39 is 5.97 Å². The van der Waals surface area contributed by atoms with E-state index in [0.717, 1.165) is 19.4 Å². The molecule has 0 heterocycles. The van der Waals surface area contributed by atoms with E-state index in [2.05, 4.69) is 43.4 Å². The zero-order chi connectivity index (χ0) is 13.4. The third-order valence-electron chi connectivity index (χ3n) is 3.16. The van der Waals surface area contributed by atoms with Crippen molar-refractivity contribution in [2.45, 2.75) is 45.6 Å². The normalized spacial score (nSPS) is 12.3. The summed E-state index contributed by atoms with van der Waals surface area (Å²) in [5, 5.41) is 12.0. The Morgan fingerprint density at radius 3 is 2.44 bits per heavy atom. The zero-order valence-electron chi connectivity index (χ0n) is 11.3. The van der Waals surface area contributed by atoms with Crippen LogP contribution in [0.1, 0.15) is 50.3 Å². The van der Waals surface area contributed by atoms with E-state index in [1.165, 1.54) is 11.1 Å². The van der Waals surface area contributed by atoms with Gasteiger partial charge in [-0.2, -0.15) is 0 Å². The van der Waals surface area contributed by atoms with Crippen LogP contribution in [0.3, 0.4) is 0 Å². The first-order valence-corrected chi connectivity index (χ1v) is 6.71. The Labute approximate surface area is 109 Å². The molecule has 0 aromatic heterocycles. The monoisotopic (exact) mass is 249 g/mol. The average Bonchev–Trinajstić information content (AvgIpc) is 2.39. The Hall–Kier alpha value is -1.35. The van der Waals surface area contributed by atoms with Crippen molar-refractivity contribution in [3.8, 4) is 0 Å². The van der Waals surface area contributed by atoms with Crippen LogP contribution in [-0.2, 0) is 11.2 Å². The molecule has 0 bridgehead atoms. The number of benzene rings is 1. The highest BCUT2D eigenvalue weighted by molar-refractivity contribution is 5.66. The molecule has 1 aromatic carbocycles. The van der Waals surface area contributed by atoms with Gasteiger partial charge < -0.3 is 10.4 Å². The van der Waals surface area contributed by atoms with Crippen molar-refractivity contribution < 1.29 is 9.90 Å². The van der Waals surface area contributed by atoms with E-state index in [-0.39, 0.29) is 6.42 Å². The van der Waals surface area contributed by atoms with Crippen molar-refractivity contribution in [3.05, 3.63) is 35.4 Å². The number of hydrogen-bond donors (Lipinski definition) is 2. The van der Waals surface area contributed by atoms with Gasteiger partial charge in [0.05, 0.1) is 0 Å². The molecule has 1 rings (SSSR count). The molecule has 0 saturated carbocycles. The Kier molecular flexibility index (Phi) is 6.44. The lowest BCUT2D eigenvalue weighted by molar-refractivity contribution is -0.137. The second kappa shape index (κ2) is 7.88. The molecular formula is C15H23NO2. The van der Waals surface area contributed by atoms with Crippen molar-refractivity contribution in [2.24, 2.45) is 0 Å². The van der Waals surface area contributed by atoms with E-state index >= 15 is 0 Å². The molecule has 3 nitrogen and oxygen atoms in total. The van der Waals surface area contributed by atoms with Crippen LogP contribution in [0.5, 0.6) is 0 Å². The predicted molar refractivity (Wildman–Crippen MR) is 73.7 cm³/mol. The summed E-state index contributed by atoms with van der Waals surface area (Å²) in [7, 11) is 0. The SMILES string of the molecule is CCc1ccc(C(CC)NCCCC(=O)O)cc1. The third-order valence-corrected chi connectivity index (χ3v) is 3.16. The predicted octanol–water partition coefficient (Wildman–Crippen LogP) is 3.15. The number of aryl methyl sites for hydroxylation is 1. The lowest BCUT2D eigenvalue weighted by Crippen LogP contribution is -2.22. The van der Waals surface area contributed by atoms with Crippen molar-refractivity contribution in [3.63, 3.8) is 0 Å². The van der Waals surface area contributed by atoms with Crippen molar-refractivity contribution in [1.29, 1.82) is 0 Å². The number of carboxylic acids is 1. The van der Waals surface area contributed by atoms with E-state index in [4.69, 9.17) is 5.11 Å². The van der Waals surface area contributed by atoms with Crippen LogP contribution in [0.25, 0.3) is 0 Å². The number of hydrogen-bond acceptors (Lipinski definition) is 2. The molecular weight excluding hydrogens is 226 g/mol. The summed E-state index contributed by atoms with van der Waals surface area (Å²) in [6.45, 7) is 5.04. The summed E-state index contributed by atoms with van der Waals surface area (Å²) in [6, 6.07) is 8.98. The van der Waals surface area contributed by atoms with Gasteiger partial charge in [-0.1, -0.05) is 38.1 Å². The zero-order valence-corrected chi connectivity index (χ0v) is 11.3. The molecule has 2 N–H and O–H groups in total. The molecule has 0 aliphatic heterocycles. The molecule has 100 valence electrons. The van der Waals surface area contributed by atoms with Gasteiger partial charge in [0.15, 0.2) is 0 Å². The van der Waals surface area contributed by atoms with Crippen LogP contribution in [-0.4, -0.2) is 17.6 Å². The van der Waals surface area contributed by atoms with Gasteiger partial charge in [-0.25, -0.2) is 0 Å². The molecule has 0 radical (unpaired) electrons. The fourth-order valence-corrected chi connectivity index (χ4v) is 2.00. The molecule has 1 aromatic rings. The van der Waals surface area contributed by atoms with Gasteiger partial charge in [-0.3, -0.25) is 4.79 Å². The number of rotatable bonds is 8. The summed E-state index contributed by atoms with van der Waals surface area (Å²) in [5.41, 5.74) is 2.63. The Balaban J connectivity index is 2.46. The number of carbonyl (C=O) groups is 1. The summed E-state index contributed by atoms with van der Waals surface area (Å²) in [4.78, 5) is 10.4. The van der Waals surface area contributed by atoms with Gasteiger partial charge in [-0.05, 0) is 36.9 Å². The molecule has 0 amide bonds. The number of nitrogens with one attached hydrogen (secondary N) is 1. The Bertz CT molecular complexity index is 359. The second-order valence-corrected chi connectivity index (χ2v) is 4.51. The van der Waals surface area contributed by atoms with Gasteiger partial charge in [0.1, 0.15) is 0 Å². The first kappa shape index (κ1) is 14.7. The van der Waals surface area contributed by atoms with Crippen molar-refractivity contribution >= 4 is 5.97 Å². The fraction of sp³-hybridized carbons (Fsp3) is 0.533. The van der Waals surface area contributed by atoms with Crippen LogP contribution in [0.15, 0.2) is 24.3 Å². The van der Waals surface area contributed by atoms with Crippen LogP contribution in [0.2, 0.25) is 0 Å². The van der Waals surface area contributed by atoms with E-state index in [9.17, 15) is 4.79 Å². The first-order valence-electron chi connectivity index (χ1n) is 6.71. The van der Waals surface area contributed by atoms with Gasteiger partial charge in [0.2, 0.25) is 0 Å². The maximum absolute atomic E-state index is 10.4. The minimum atomic E-state index is -0.725. The molecule has 1 atom stereocenters. The van der Waals surface area contributed by atoms with E-state index in [0.29, 0.717) is 12.5 Å². The first-order chi connectivity index (χ1) is 8.67. The maximum Gasteiger partial charge on any atom is 0.303 e. The Morgan fingerprint density at radius 2 is 1.94 bits per heavy atom. The molecule has 0 fully saturated rings. The molecule has 3 heteroatoms. The fourth-order valence-electron chi connectivity index (χ4n) is 2.00. The van der Waals surface area contributed by atoms with Gasteiger partial charge in [0, 0.05) is 12.5 Å². The maximum atomic E-state index is 10.4. The quantitative estimate of drug-likeness (QED) is 0.696. The smallest absolute Gasteiger partial charge is 0.303 e. The van der Waals surface area contributed by atoms with Crippen molar-refractivity contribution in [1.82, 2.24) is 5.32 Å². The van der Waals surface area contributed by atoms with Crippen LogP contribution < -0.4 is 5.32 Å². The lowest BCUT2D eigenvalue weighted by Gasteiger charge is -2.17. The molecule has 0 aliphatic rings. The summed E-state index contributed by atoms with van der Waals surface area (Å²) in [5.74, 6) is -0.725. The van der Waals surface area contributed by atoms with Gasteiger partial charge >= 0.3 is 5.97 Å². The topological polar surface area (TPSA) is 49.3 Å². The van der Waals surface area contributed by atoms with E-state index in [1.54, 1.807) is 0 Å². The second-order valence-electron chi connectivity index (χ2n) is 4.51. The van der Waals surface area contributed by atoms with Crippen molar-refractivity contribution in [2.75, 3.05) is 6.54 Å². The van der Waals surface area contributed by atoms with Crippen LogP contribution in [0, 0.1) is 0 Å². The minimum Gasteiger partial charge on any atom is -0.481 e. The lowest BCUT2D eigenvalue weighted by atomic mass is 10.0. The van der Waals surface area contributed by atoms with Gasteiger partial charge in [0.25, 0.3) is 0 Å². The molecule has 1 unspecified atom stereocenters. The highest BCUT2D eigenvalue weighted by atomic mass is 16.4. The minimum absolute atomic E-state index is 0.234.